The van der Waals surface area contributed by atoms with Crippen molar-refractivity contribution in [2.45, 2.75) is 25.4 Å². The van der Waals surface area contributed by atoms with E-state index in [1.807, 2.05) is 0 Å². The normalized spacial score (nSPS) is 18.3. The highest BCUT2D eigenvalue weighted by Gasteiger charge is 2.40. The molecular formula is C19H15N5O5. The molecule has 0 radical (unpaired) electrons. The number of imide groups is 2. The SMILES string of the molecule is O=C1CCC(N2Cc3cccc(C(=O)NC(=O)c4cncnc4)c3C2=O)C(=O)N1. The molecule has 2 aliphatic rings. The lowest BCUT2D eigenvalue weighted by Gasteiger charge is -2.29. The summed E-state index contributed by atoms with van der Waals surface area (Å²) in [5, 5.41) is 4.45. The number of aromatic nitrogens is 2. The number of hydrogen-bond donors (Lipinski definition) is 2. The number of benzene rings is 1. The summed E-state index contributed by atoms with van der Waals surface area (Å²) >= 11 is 0. The van der Waals surface area contributed by atoms with Crippen LogP contribution in [-0.4, -0.2) is 50.4 Å². The largest absolute Gasteiger partial charge is 0.322 e. The van der Waals surface area contributed by atoms with Crippen LogP contribution in [-0.2, 0) is 16.1 Å². The molecule has 1 unspecified atom stereocenters. The summed E-state index contributed by atoms with van der Waals surface area (Å²) in [4.78, 5) is 70.1. The van der Waals surface area contributed by atoms with E-state index in [1.54, 1.807) is 12.1 Å². The van der Waals surface area contributed by atoms with Crippen molar-refractivity contribution in [2.75, 3.05) is 0 Å². The second kappa shape index (κ2) is 7.23. The first-order valence-electron chi connectivity index (χ1n) is 8.83. The number of amides is 5. The Morgan fingerprint density at radius 3 is 2.59 bits per heavy atom. The molecular weight excluding hydrogens is 378 g/mol. The first-order chi connectivity index (χ1) is 14.0. The van der Waals surface area contributed by atoms with Gasteiger partial charge in [0.1, 0.15) is 12.4 Å². The Bertz CT molecular complexity index is 1050. The Hall–Kier alpha value is -3.95. The van der Waals surface area contributed by atoms with E-state index in [2.05, 4.69) is 20.6 Å². The summed E-state index contributed by atoms with van der Waals surface area (Å²) in [7, 11) is 0. The monoisotopic (exact) mass is 393 g/mol. The fourth-order valence-corrected chi connectivity index (χ4v) is 3.46. The van der Waals surface area contributed by atoms with Crippen LogP contribution < -0.4 is 10.6 Å². The van der Waals surface area contributed by atoms with Crippen LogP contribution in [0.3, 0.4) is 0 Å². The van der Waals surface area contributed by atoms with Crippen LogP contribution in [0, 0.1) is 0 Å². The van der Waals surface area contributed by atoms with Crippen molar-refractivity contribution in [1.82, 2.24) is 25.5 Å². The third kappa shape index (κ3) is 3.35. The van der Waals surface area contributed by atoms with Gasteiger partial charge in [-0.15, -0.1) is 0 Å². The number of rotatable bonds is 3. The third-order valence-electron chi connectivity index (χ3n) is 4.85. The highest BCUT2D eigenvalue weighted by Crippen LogP contribution is 2.29. The fourth-order valence-electron chi connectivity index (χ4n) is 3.46. The molecule has 2 aromatic rings. The van der Waals surface area contributed by atoms with Gasteiger partial charge in [0.15, 0.2) is 0 Å². The zero-order chi connectivity index (χ0) is 20.5. The maximum absolute atomic E-state index is 13.0. The molecule has 10 nitrogen and oxygen atoms in total. The van der Waals surface area contributed by atoms with Gasteiger partial charge in [-0.05, 0) is 18.1 Å². The van der Waals surface area contributed by atoms with Crippen molar-refractivity contribution in [1.29, 1.82) is 0 Å². The van der Waals surface area contributed by atoms with Crippen LogP contribution in [0.4, 0.5) is 0 Å². The van der Waals surface area contributed by atoms with Gasteiger partial charge in [0.2, 0.25) is 11.8 Å². The Kier molecular flexibility index (Phi) is 4.59. The van der Waals surface area contributed by atoms with Crippen molar-refractivity contribution in [3.05, 3.63) is 59.2 Å². The van der Waals surface area contributed by atoms with Crippen molar-refractivity contribution >= 4 is 29.5 Å². The molecule has 2 N–H and O–H groups in total. The van der Waals surface area contributed by atoms with Gasteiger partial charge < -0.3 is 4.90 Å². The van der Waals surface area contributed by atoms with Gasteiger partial charge in [-0.3, -0.25) is 34.6 Å². The molecule has 3 heterocycles. The summed E-state index contributed by atoms with van der Waals surface area (Å²) in [6, 6.07) is 3.94. The van der Waals surface area contributed by atoms with Crippen molar-refractivity contribution < 1.29 is 24.0 Å². The highest BCUT2D eigenvalue weighted by atomic mass is 16.2. The predicted octanol–water partition coefficient (Wildman–Crippen LogP) is -0.192. The molecule has 0 aliphatic carbocycles. The van der Waals surface area contributed by atoms with Crippen LogP contribution in [0.2, 0.25) is 0 Å². The number of carbonyl (C=O) groups excluding carboxylic acids is 5. The van der Waals surface area contributed by atoms with E-state index < -0.39 is 29.7 Å². The van der Waals surface area contributed by atoms with E-state index in [0.29, 0.717) is 5.56 Å². The molecule has 1 saturated heterocycles. The van der Waals surface area contributed by atoms with Crippen LogP contribution in [0.25, 0.3) is 0 Å². The van der Waals surface area contributed by atoms with E-state index in [0.717, 1.165) is 0 Å². The quantitative estimate of drug-likeness (QED) is 0.689. The maximum Gasteiger partial charge on any atom is 0.261 e. The predicted molar refractivity (Wildman–Crippen MR) is 96.3 cm³/mol. The van der Waals surface area contributed by atoms with E-state index in [4.69, 9.17) is 0 Å². The summed E-state index contributed by atoms with van der Waals surface area (Å²) in [6.45, 7) is 0.141. The highest BCUT2D eigenvalue weighted by molar-refractivity contribution is 6.16. The first-order valence-corrected chi connectivity index (χ1v) is 8.83. The molecule has 29 heavy (non-hydrogen) atoms. The van der Waals surface area contributed by atoms with Gasteiger partial charge in [0.25, 0.3) is 17.7 Å². The number of nitrogens with one attached hydrogen (secondary N) is 2. The number of hydrogen-bond acceptors (Lipinski definition) is 7. The second-order valence-corrected chi connectivity index (χ2v) is 6.65. The number of piperidine rings is 1. The summed E-state index contributed by atoms with van der Waals surface area (Å²) in [5.74, 6) is -2.84. The smallest absolute Gasteiger partial charge is 0.261 e. The van der Waals surface area contributed by atoms with Gasteiger partial charge >= 0.3 is 0 Å². The summed E-state index contributed by atoms with van der Waals surface area (Å²) < 4.78 is 0. The Labute approximate surface area is 164 Å². The van der Waals surface area contributed by atoms with Crippen LogP contribution in [0.15, 0.2) is 36.9 Å². The topological polar surface area (TPSA) is 138 Å². The maximum atomic E-state index is 13.0. The minimum Gasteiger partial charge on any atom is -0.322 e. The molecule has 10 heteroatoms. The van der Waals surface area contributed by atoms with E-state index in [9.17, 15) is 24.0 Å². The molecule has 0 bridgehead atoms. The minimum absolute atomic E-state index is 0.0347. The molecule has 146 valence electrons. The summed E-state index contributed by atoms with van der Waals surface area (Å²) in [6.07, 6.45) is 4.14. The molecule has 1 fully saturated rings. The molecule has 1 atom stereocenters. The fraction of sp³-hybridized carbons (Fsp3) is 0.211. The summed E-state index contributed by atoms with van der Waals surface area (Å²) in [5.41, 5.74) is 0.854. The second-order valence-electron chi connectivity index (χ2n) is 6.65. The molecule has 1 aromatic heterocycles. The third-order valence-corrected chi connectivity index (χ3v) is 4.85. The van der Waals surface area contributed by atoms with E-state index in [1.165, 1.54) is 29.7 Å². The lowest BCUT2D eigenvalue weighted by molar-refractivity contribution is -0.136. The Morgan fingerprint density at radius 1 is 1.10 bits per heavy atom. The zero-order valence-corrected chi connectivity index (χ0v) is 15.0. The van der Waals surface area contributed by atoms with Crippen molar-refractivity contribution in [3.8, 4) is 0 Å². The van der Waals surface area contributed by atoms with Gasteiger partial charge in [-0.2, -0.15) is 0 Å². The molecule has 2 aliphatic heterocycles. The van der Waals surface area contributed by atoms with E-state index in [-0.39, 0.29) is 42.0 Å². The number of fused-ring (bicyclic) bond motifs is 1. The van der Waals surface area contributed by atoms with Crippen molar-refractivity contribution in [2.24, 2.45) is 0 Å². The Balaban J connectivity index is 1.57. The minimum atomic E-state index is -0.786. The zero-order valence-electron chi connectivity index (χ0n) is 15.0. The molecule has 0 spiro atoms. The lowest BCUT2D eigenvalue weighted by Crippen LogP contribution is -2.52. The van der Waals surface area contributed by atoms with Gasteiger partial charge in [-0.1, -0.05) is 12.1 Å². The van der Waals surface area contributed by atoms with Crippen LogP contribution in [0.1, 0.15) is 49.5 Å². The van der Waals surface area contributed by atoms with Crippen LogP contribution in [0.5, 0.6) is 0 Å². The Morgan fingerprint density at radius 2 is 1.86 bits per heavy atom. The molecule has 4 rings (SSSR count). The number of carbonyl (C=O) groups is 5. The molecule has 0 saturated carbocycles. The van der Waals surface area contributed by atoms with Crippen molar-refractivity contribution in [3.63, 3.8) is 0 Å². The molecule has 1 aromatic carbocycles. The van der Waals surface area contributed by atoms with Gasteiger partial charge in [-0.25, -0.2) is 9.97 Å². The standard InChI is InChI=1S/C19H15N5O5/c25-14-5-4-13(18(28)22-14)24-8-10-2-1-3-12(15(10)19(24)29)17(27)23-16(26)11-6-20-9-21-7-11/h1-3,6-7,9,13H,4-5,8H2,(H,22,25,28)(H,23,26,27). The average molecular weight is 393 g/mol. The number of nitrogens with zero attached hydrogens (tertiary/aromatic N) is 3. The lowest BCUT2D eigenvalue weighted by atomic mass is 10.0. The first kappa shape index (κ1) is 18.4. The van der Waals surface area contributed by atoms with E-state index >= 15 is 0 Å². The average Bonchev–Trinajstić information content (AvgIpc) is 3.05. The van der Waals surface area contributed by atoms with Gasteiger partial charge in [0.05, 0.1) is 16.7 Å². The van der Waals surface area contributed by atoms with Gasteiger partial charge in [0, 0.05) is 25.4 Å². The van der Waals surface area contributed by atoms with Crippen LogP contribution >= 0.6 is 0 Å². The molecule has 5 amide bonds.